The summed E-state index contributed by atoms with van der Waals surface area (Å²) in [7, 11) is 1.34. The Morgan fingerprint density at radius 3 is 2.86 bits per heavy atom. The summed E-state index contributed by atoms with van der Waals surface area (Å²) in [6, 6.07) is 8.79. The average Bonchev–Trinajstić information content (AvgIpc) is 3.37. The number of fused-ring (bicyclic) bond motifs is 1. The fourth-order valence-corrected chi connectivity index (χ4v) is 2.48. The van der Waals surface area contributed by atoms with Crippen LogP contribution in [0.15, 0.2) is 36.5 Å². The molecule has 1 atom stereocenters. The number of hydrogen-bond donors (Lipinski definition) is 1. The fourth-order valence-electron chi connectivity index (χ4n) is 2.48. The third-order valence-corrected chi connectivity index (χ3v) is 3.91. The van der Waals surface area contributed by atoms with Gasteiger partial charge in [0.15, 0.2) is 0 Å². The molecule has 114 valence electrons. The lowest BCUT2D eigenvalue weighted by molar-refractivity contribution is -0.143. The molecule has 1 N–H and O–H groups in total. The number of amides is 1. The van der Waals surface area contributed by atoms with E-state index in [0.29, 0.717) is 17.9 Å². The van der Waals surface area contributed by atoms with Crippen molar-refractivity contribution >= 4 is 22.8 Å². The molecule has 5 heteroatoms. The number of benzene rings is 1. The van der Waals surface area contributed by atoms with E-state index in [1.165, 1.54) is 13.3 Å². The fraction of sp³-hybridized carbons (Fsp3) is 0.353. The van der Waals surface area contributed by atoms with E-state index in [9.17, 15) is 9.59 Å². The van der Waals surface area contributed by atoms with E-state index in [2.05, 4.69) is 10.3 Å². The second-order valence-corrected chi connectivity index (χ2v) is 5.64. The first-order valence-corrected chi connectivity index (χ1v) is 7.41. The van der Waals surface area contributed by atoms with Crippen LogP contribution in [0.4, 0.5) is 0 Å². The highest BCUT2D eigenvalue weighted by molar-refractivity contribution is 5.99. The van der Waals surface area contributed by atoms with E-state index in [0.717, 1.165) is 23.7 Å². The molecule has 5 nitrogen and oxygen atoms in total. The topological polar surface area (TPSA) is 68.3 Å². The quantitative estimate of drug-likeness (QED) is 0.860. The Labute approximate surface area is 128 Å². The highest BCUT2D eigenvalue weighted by atomic mass is 16.5. The van der Waals surface area contributed by atoms with Gasteiger partial charge in [0.1, 0.15) is 6.04 Å². The van der Waals surface area contributed by atoms with Crippen LogP contribution >= 0.6 is 0 Å². The van der Waals surface area contributed by atoms with Gasteiger partial charge in [0.25, 0.3) is 5.91 Å². The normalized spacial score (nSPS) is 15.3. The predicted molar refractivity (Wildman–Crippen MR) is 82.4 cm³/mol. The van der Waals surface area contributed by atoms with Crippen LogP contribution in [-0.2, 0) is 9.53 Å². The number of nitrogens with one attached hydrogen (secondary N) is 1. The van der Waals surface area contributed by atoms with Gasteiger partial charge in [-0.3, -0.25) is 9.78 Å². The van der Waals surface area contributed by atoms with Crippen molar-refractivity contribution < 1.29 is 14.3 Å². The molecule has 1 heterocycles. The Morgan fingerprint density at radius 1 is 1.36 bits per heavy atom. The lowest BCUT2D eigenvalue weighted by Crippen LogP contribution is -2.41. The highest BCUT2D eigenvalue weighted by Crippen LogP contribution is 2.33. The van der Waals surface area contributed by atoms with Gasteiger partial charge >= 0.3 is 5.97 Å². The van der Waals surface area contributed by atoms with Gasteiger partial charge in [-0.1, -0.05) is 31.0 Å². The van der Waals surface area contributed by atoms with Gasteiger partial charge in [-0.15, -0.1) is 0 Å². The van der Waals surface area contributed by atoms with E-state index < -0.39 is 12.0 Å². The smallest absolute Gasteiger partial charge is 0.328 e. The third-order valence-electron chi connectivity index (χ3n) is 3.91. The Hall–Kier alpha value is -2.43. The molecule has 0 unspecified atom stereocenters. The van der Waals surface area contributed by atoms with E-state index in [-0.39, 0.29) is 5.91 Å². The van der Waals surface area contributed by atoms with Gasteiger partial charge in [0.05, 0.1) is 18.2 Å². The third kappa shape index (κ3) is 3.24. The minimum atomic E-state index is -0.587. The number of carbonyl (C=O) groups is 2. The molecule has 0 saturated heterocycles. The van der Waals surface area contributed by atoms with Crippen LogP contribution in [0.5, 0.6) is 0 Å². The molecule has 1 aromatic heterocycles. The van der Waals surface area contributed by atoms with Gasteiger partial charge in [-0.25, -0.2) is 4.79 Å². The number of rotatable bonds is 5. The van der Waals surface area contributed by atoms with E-state index in [1.807, 2.05) is 24.3 Å². The molecule has 0 bridgehead atoms. The van der Waals surface area contributed by atoms with E-state index in [1.54, 1.807) is 6.07 Å². The molecular weight excluding hydrogens is 280 g/mol. The van der Waals surface area contributed by atoms with E-state index >= 15 is 0 Å². The summed E-state index contributed by atoms with van der Waals surface area (Å²) in [4.78, 5) is 28.4. The zero-order chi connectivity index (χ0) is 15.5. The zero-order valence-electron chi connectivity index (χ0n) is 12.4. The van der Waals surface area contributed by atoms with Crippen molar-refractivity contribution in [2.24, 2.45) is 5.92 Å². The van der Waals surface area contributed by atoms with Crippen molar-refractivity contribution in [2.75, 3.05) is 7.11 Å². The van der Waals surface area contributed by atoms with Gasteiger partial charge in [0, 0.05) is 11.6 Å². The summed E-state index contributed by atoms with van der Waals surface area (Å²) in [5.74, 6) is -0.178. The van der Waals surface area contributed by atoms with Crippen LogP contribution < -0.4 is 5.32 Å². The van der Waals surface area contributed by atoms with Gasteiger partial charge < -0.3 is 10.1 Å². The molecular formula is C17H18N2O3. The standard InChI is InChI=1S/C17H18N2O3/c1-22-17(21)15(8-11-6-7-11)19-16(20)13-9-12-4-2-3-5-14(12)18-10-13/h2-5,9-11,15H,6-8H2,1H3,(H,19,20)/t15-/m0/s1. The number of pyridine rings is 1. The summed E-state index contributed by atoms with van der Waals surface area (Å²) in [6.45, 7) is 0. The van der Waals surface area contributed by atoms with Crippen molar-refractivity contribution in [3.8, 4) is 0 Å². The number of aromatic nitrogens is 1. The molecule has 1 saturated carbocycles. The van der Waals surface area contributed by atoms with Crippen molar-refractivity contribution in [3.63, 3.8) is 0 Å². The molecule has 1 aromatic carbocycles. The minimum absolute atomic E-state index is 0.297. The first-order valence-electron chi connectivity index (χ1n) is 7.41. The maximum absolute atomic E-state index is 12.4. The van der Waals surface area contributed by atoms with Crippen molar-refractivity contribution in [3.05, 3.63) is 42.1 Å². The number of para-hydroxylation sites is 1. The first-order chi connectivity index (χ1) is 10.7. The Balaban J connectivity index is 1.76. The molecule has 1 aliphatic rings. The van der Waals surface area contributed by atoms with Gasteiger partial charge in [-0.05, 0) is 24.5 Å². The summed E-state index contributed by atoms with van der Waals surface area (Å²) in [5.41, 5.74) is 1.28. The molecule has 1 fully saturated rings. The monoisotopic (exact) mass is 298 g/mol. The highest BCUT2D eigenvalue weighted by Gasteiger charge is 2.31. The summed E-state index contributed by atoms with van der Waals surface area (Å²) in [5, 5.41) is 3.66. The van der Waals surface area contributed by atoms with Crippen LogP contribution in [0.2, 0.25) is 0 Å². The zero-order valence-corrected chi connectivity index (χ0v) is 12.4. The van der Waals surface area contributed by atoms with Crippen molar-refractivity contribution in [1.82, 2.24) is 10.3 Å². The van der Waals surface area contributed by atoms with Crippen LogP contribution in [0.25, 0.3) is 10.9 Å². The lowest BCUT2D eigenvalue weighted by Gasteiger charge is -2.16. The predicted octanol–water partition coefficient (Wildman–Crippen LogP) is 2.31. The van der Waals surface area contributed by atoms with Crippen molar-refractivity contribution in [2.45, 2.75) is 25.3 Å². The Morgan fingerprint density at radius 2 is 2.14 bits per heavy atom. The maximum Gasteiger partial charge on any atom is 0.328 e. The van der Waals surface area contributed by atoms with Crippen molar-refractivity contribution in [1.29, 1.82) is 0 Å². The summed E-state index contributed by atoms with van der Waals surface area (Å²) < 4.78 is 4.78. The number of methoxy groups -OCH3 is 1. The number of hydrogen-bond acceptors (Lipinski definition) is 4. The molecule has 0 spiro atoms. The molecule has 1 amide bonds. The maximum atomic E-state index is 12.4. The Bertz CT molecular complexity index is 710. The molecule has 1 aliphatic carbocycles. The average molecular weight is 298 g/mol. The van der Waals surface area contributed by atoms with Gasteiger partial charge in [-0.2, -0.15) is 0 Å². The summed E-state index contributed by atoms with van der Waals surface area (Å²) >= 11 is 0. The number of carbonyl (C=O) groups excluding carboxylic acids is 2. The molecule has 2 aromatic rings. The first kappa shape index (κ1) is 14.5. The molecule has 22 heavy (non-hydrogen) atoms. The second-order valence-electron chi connectivity index (χ2n) is 5.64. The SMILES string of the molecule is COC(=O)[C@H](CC1CC1)NC(=O)c1cnc2ccccc2c1. The van der Waals surface area contributed by atoms with Gasteiger partial charge in [0.2, 0.25) is 0 Å². The van der Waals surface area contributed by atoms with Crippen LogP contribution in [-0.4, -0.2) is 30.0 Å². The number of nitrogens with zero attached hydrogens (tertiary/aromatic N) is 1. The summed E-state index contributed by atoms with van der Waals surface area (Å²) in [6.07, 6.45) is 4.39. The Kier molecular flexibility index (Phi) is 4.04. The number of esters is 1. The lowest BCUT2D eigenvalue weighted by atomic mass is 10.1. The van der Waals surface area contributed by atoms with Crippen LogP contribution in [0.3, 0.4) is 0 Å². The molecule has 0 aliphatic heterocycles. The largest absolute Gasteiger partial charge is 0.467 e. The molecule has 3 rings (SSSR count). The second kappa shape index (κ2) is 6.13. The van der Waals surface area contributed by atoms with Crippen LogP contribution in [0, 0.1) is 5.92 Å². The van der Waals surface area contributed by atoms with Crippen LogP contribution in [0.1, 0.15) is 29.6 Å². The minimum Gasteiger partial charge on any atom is -0.467 e. The number of ether oxygens (including phenoxy) is 1. The van der Waals surface area contributed by atoms with E-state index in [4.69, 9.17) is 4.74 Å². The molecule has 0 radical (unpaired) electrons.